The number of piperidine rings is 2. The first-order chi connectivity index (χ1) is 13.4. The van der Waals surface area contributed by atoms with Crippen LogP contribution < -0.4 is 11.2 Å². The third kappa shape index (κ3) is 3.98. The van der Waals surface area contributed by atoms with Crippen LogP contribution in [-0.4, -0.2) is 62.1 Å². The van der Waals surface area contributed by atoms with Gasteiger partial charge in [-0.25, -0.2) is 17.7 Å². The first-order valence-corrected chi connectivity index (χ1v) is 13.0. The van der Waals surface area contributed by atoms with E-state index in [1.807, 2.05) is 0 Å². The number of hydrazine groups is 1. The smallest absolute Gasteiger partial charge is 0.223 e. The van der Waals surface area contributed by atoms with E-state index in [1.54, 1.807) is 4.31 Å². The van der Waals surface area contributed by atoms with Gasteiger partial charge in [0.25, 0.3) is 0 Å². The Morgan fingerprint density at radius 3 is 2.25 bits per heavy atom. The van der Waals surface area contributed by atoms with Crippen molar-refractivity contribution >= 4 is 15.9 Å². The quantitative estimate of drug-likeness (QED) is 0.723. The largest absolute Gasteiger partial charge is 0.369 e. The maximum absolute atomic E-state index is 12.2. The second-order valence-electron chi connectivity index (χ2n) is 9.48. The van der Waals surface area contributed by atoms with Crippen molar-refractivity contribution in [2.45, 2.75) is 57.4 Å². The highest BCUT2D eigenvalue weighted by Crippen LogP contribution is 2.48. The van der Waals surface area contributed by atoms with Crippen LogP contribution in [0.4, 0.5) is 0 Å². The highest BCUT2D eigenvalue weighted by molar-refractivity contribution is 7.88. The normalized spacial score (nSPS) is 37.0. The number of hydrogen-bond donors (Lipinski definition) is 2. The van der Waals surface area contributed by atoms with Crippen LogP contribution in [-0.2, 0) is 14.8 Å². The molecule has 3 heterocycles. The molecule has 1 aliphatic carbocycles. The summed E-state index contributed by atoms with van der Waals surface area (Å²) < 4.78 is 25.5. The predicted molar refractivity (Wildman–Crippen MR) is 108 cm³/mol. The lowest BCUT2D eigenvalue weighted by Gasteiger charge is -2.51. The molecule has 4 rings (SSSR count). The number of hydrogen-bond acceptors (Lipinski definition) is 5. The average molecular weight is 413 g/mol. The number of nitrogens with zero attached hydrogens (tertiary/aromatic N) is 2. The Morgan fingerprint density at radius 2 is 1.64 bits per heavy atom. The van der Waals surface area contributed by atoms with Gasteiger partial charge in [0.05, 0.1) is 12.2 Å². The lowest BCUT2D eigenvalue weighted by Crippen LogP contribution is -2.56. The third-order valence-corrected chi connectivity index (χ3v) is 9.31. The molecular weight excluding hydrogens is 376 g/mol. The maximum atomic E-state index is 12.2. The first kappa shape index (κ1) is 20.6. The van der Waals surface area contributed by atoms with Crippen molar-refractivity contribution in [1.82, 2.24) is 14.7 Å². The zero-order valence-corrected chi connectivity index (χ0v) is 17.9. The molecule has 4 aliphatic rings. The molecule has 3 aliphatic heterocycles. The monoisotopic (exact) mass is 412 g/mol. The lowest BCUT2D eigenvalue weighted by molar-refractivity contribution is -0.125. The predicted octanol–water partition coefficient (Wildman–Crippen LogP) is 1.16. The molecule has 3 saturated heterocycles. The number of sulfonamides is 1. The van der Waals surface area contributed by atoms with E-state index >= 15 is 0 Å². The van der Waals surface area contributed by atoms with Crippen LogP contribution in [0.25, 0.3) is 0 Å². The van der Waals surface area contributed by atoms with Crippen LogP contribution in [0, 0.1) is 29.6 Å². The molecule has 0 aromatic heterocycles. The van der Waals surface area contributed by atoms with Gasteiger partial charge in [0.1, 0.15) is 0 Å². The van der Waals surface area contributed by atoms with Crippen molar-refractivity contribution in [2.24, 2.45) is 35.3 Å². The van der Waals surface area contributed by atoms with Crippen molar-refractivity contribution in [1.29, 1.82) is 0 Å². The van der Waals surface area contributed by atoms with E-state index in [1.165, 1.54) is 38.4 Å². The number of fused-ring (bicyclic) bond motifs is 1. The van der Waals surface area contributed by atoms with Crippen LogP contribution in [0.5, 0.6) is 0 Å². The average Bonchev–Trinajstić information content (AvgIpc) is 3.12. The number of primary amides is 1. The Bertz CT molecular complexity index is 671. The number of nitrogens with one attached hydrogen (secondary N) is 1. The Kier molecular flexibility index (Phi) is 6.03. The van der Waals surface area contributed by atoms with Crippen molar-refractivity contribution in [3.63, 3.8) is 0 Å². The van der Waals surface area contributed by atoms with Gasteiger partial charge in [-0.3, -0.25) is 10.2 Å². The fourth-order valence-corrected chi connectivity index (χ4v) is 7.57. The summed E-state index contributed by atoms with van der Waals surface area (Å²) in [5.74, 6) is 2.02. The maximum Gasteiger partial charge on any atom is 0.223 e. The van der Waals surface area contributed by atoms with Gasteiger partial charge in [-0.15, -0.1) is 0 Å². The van der Waals surface area contributed by atoms with Gasteiger partial charge in [0, 0.05) is 32.2 Å². The van der Waals surface area contributed by atoms with Crippen LogP contribution in [0.3, 0.4) is 0 Å². The molecule has 4 fully saturated rings. The third-order valence-electron chi connectivity index (χ3n) is 8.01. The number of carbonyl (C=O) groups is 1. The van der Waals surface area contributed by atoms with Gasteiger partial charge in [0.15, 0.2) is 0 Å². The number of carbonyl (C=O) groups excluding carboxylic acids is 1. The minimum absolute atomic E-state index is 0.106. The van der Waals surface area contributed by atoms with E-state index in [2.05, 4.69) is 10.4 Å². The summed E-state index contributed by atoms with van der Waals surface area (Å²) in [6, 6.07) is 0.215. The second-order valence-corrected chi connectivity index (χ2v) is 11.5. The topological polar surface area (TPSA) is 95.7 Å². The van der Waals surface area contributed by atoms with Crippen molar-refractivity contribution < 1.29 is 13.2 Å². The molecule has 0 radical (unpaired) electrons. The number of rotatable bonds is 4. The Morgan fingerprint density at radius 1 is 0.964 bits per heavy atom. The summed E-state index contributed by atoms with van der Waals surface area (Å²) in [5, 5.41) is 2.32. The first-order valence-electron chi connectivity index (χ1n) is 11.1. The summed E-state index contributed by atoms with van der Waals surface area (Å²) in [6.07, 6.45) is 10.8. The molecule has 0 aromatic carbocycles. The van der Waals surface area contributed by atoms with Gasteiger partial charge in [0.2, 0.25) is 15.9 Å². The zero-order chi connectivity index (χ0) is 19.9. The SMILES string of the molecule is CS(=O)(=O)N1CCC(C2CCN3NCC(C(N)=O)C3C2C2CCCCC2)CC1. The summed E-state index contributed by atoms with van der Waals surface area (Å²) >= 11 is 0. The van der Waals surface area contributed by atoms with Crippen LogP contribution in [0.15, 0.2) is 0 Å². The van der Waals surface area contributed by atoms with E-state index in [0.717, 1.165) is 25.8 Å². The molecule has 3 N–H and O–H groups in total. The van der Waals surface area contributed by atoms with Gasteiger partial charge in [-0.2, -0.15) is 0 Å². The minimum Gasteiger partial charge on any atom is -0.369 e. The number of amides is 1. The van der Waals surface area contributed by atoms with E-state index in [0.29, 0.717) is 43.3 Å². The van der Waals surface area contributed by atoms with Gasteiger partial charge < -0.3 is 5.73 Å². The van der Waals surface area contributed by atoms with Crippen molar-refractivity contribution in [3.8, 4) is 0 Å². The van der Waals surface area contributed by atoms with Crippen molar-refractivity contribution in [3.05, 3.63) is 0 Å². The highest BCUT2D eigenvalue weighted by atomic mass is 32.2. The molecule has 0 bridgehead atoms. The Balaban J connectivity index is 1.56. The molecule has 4 atom stereocenters. The molecule has 4 unspecified atom stereocenters. The summed E-state index contributed by atoms with van der Waals surface area (Å²) in [6.45, 7) is 2.92. The van der Waals surface area contributed by atoms with Crippen LogP contribution >= 0.6 is 0 Å². The molecule has 28 heavy (non-hydrogen) atoms. The van der Waals surface area contributed by atoms with E-state index < -0.39 is 10.0 Å². The van der Waals surface area contributed by atoms with Crippen LogP contribution in [0.1, 0.15) is 51.4 Å². The molecule has 0 aromatic rings. The second kappa shape index (κ2) is 8.20. The fraction of sp³-hybridized carbons (Fsp3) is 0.950. The Hall–Kier alpha value is -0.700. The summed E-state index contributed by atoms with van der Waals surface area (Å²) in [4.78, 5) is 12.2. The van der Waals surface area contributed by atoms with Gasteiger partial charge in [-0.05, 0) is 42.9 Å². The highest BCUT2D eigenvalue weighted by Gasteiger charge is 2.52. The number of nitrogens with two attached hydrogens (primary N) is 1. The molecule has 1 amide bonds. The Labute approximate surface area is 169 Å². The van der Waals surface area contributed by atoms with Crippen LogP contribution in [0.2, 0.25) is 0 Å². The van der Waals surface area contributed by atoms with E-state index in [4.69, 9.17) is 5.73 Å². The molecule has 0 spiro atoms. The fourth-order valence-electron chi connectivity index (χ4n) is 6.70. The zero-order valence-electron chi connectivity index (χ0n) is 17.1. The molecule has 160 valence electrons. The summed E-state index contributed by atoms with van der Waals surface area (Å²) in [7, 11) is -3.09. The summed E-state index contributed by atoms with van der Waals surface area (Å²) in [5.41, 5.74) is 9.26. The van der Waals surface area contributed by atoms with E-state index in [9.17, 15) is 13.2 Å². The van der Waals surface area contributed by atoms with Gasteiger partial charge >= 0.3 is 0 Å². The molecule has 8 heteroatoms. The lowest BCUT2D eigenvalue weighted by atomic mass is 9.61. The van der Waals surface area contributed by atoms with Gasteiger partial charge in [-0.1, -0.05) is 32.1 Å². The molecule has 7 nitrogen and oxygen atoms in total. The van der Waals surface area contributed by atoms with E-state index in [-0.39, 0.29) is 17.9 Å². The molecular formula is C20H36N4O3S. The standard InChI is InChI=1S/C20H36N4O3S/c1-28(26,27)23-10-7-14(8-11-23)16-9-12-24-19(17(13-22-24)20(21)25)18(16)15-5-3-2-4-6-15/h14-19,22H,2-13H2,1H3,(H2,21,25). The minimum atomic E-state index is -3.09. The van der Waals surface area contributed by atoms with Crippen molar-refractivity contribution in [2.75, 3.05) is 32.4 Å². The molecule has 1 saturated carbocycles.